The van der Waals surface area contributed by atoms with Crippen LogP contribution >= 0.6 is 46.3 Å². The Balaban J connectivity index is 1.17. The molecule has 5 rings (SSSR count). The largest absolute Gasteiger partial charge is 0.490 e. The Labute approximate surface area is 227 Å². The molecule has 7 nitrogen and oxygen atoms in total. The van der Waals surface area contributed by atoms with Gasteiger partial charge in [0.25, 0.3) is 0 Å². The first-order valence-corrected chi connectivity index (χ1v) is 14.1. The molecule has 1 fully saturated rings. The van der Waals surface area contributed by atoms with Crippen LogP contribution in [-0.4, -0.2) is 37.5 Å². The van der Waals surface area contributed by atoms with Crippen molar-refractivity contribution in [3.63, 3.8) is 0 Å². The molecule has 0 atom stereocenters. The first-order chi connectivity index (χ1) is 17.5. The Morgan fingerprint density at radius 2 is 1.94 bits per heavy atom. The number of anilines is 1. The molecule has 186 valence electrons. The van der Waals surface area contributed by atoms with Crippen molar-refractivity contribution < 1.29 is 9.53 Å². The van der Waals surface area contributed by atoms with Crippen molar-refractivity contribution in [1.82, 2.24) is 19.7 Å². The number of nitrogens with zero attached hydrogens (tertiary/aromatic N) is 4. The highest BCUT2D eigenvalue weighted by Crippen LogP contribution is 2.33. The van der Waals surface area contributed by atoms with E-state index in [1.54, 1.807) is 12.1 Å². The number of carbonyl (C=O) groups excluding carboxylic acids is 1. The third kappa shape index (κ3) is 5.86. The minimum absolute atomic E-state index is 0.177. The van der Waals surface area contributed by atoms with Gasteiger partial charge < -0.3 is 14.6 Å². The number of amides is 1. The van der Waals surface area contributed by atoms with Crippen LogP contribution in [0.2, 0.25) is 10.0 Å². The van der Waals surface area contributed by atoms with E-state index in [1.165, 1.54) is 35.9 Å². The summed E-state index contributed by atoms with van der Waals surface area (Å²) in [6.45, 7) is 0. The molecule has 1 amide bonds. The van der Waals surface area contributed by atoms with Crippen molar-refractivity contribution in [3.05, 3.63) is 57.9 Å². The SMILES string of the molecule is Cn1c(SCC(=O)Nc2nc(-c3ccc(Cl)cc3Cl)cs2)nnc1-c1ccc(OC2CCCC2)cc1. The molecule has 1 N–H and O–H groups in total. The van der Waals surface area contributed by atoms with E-state index in [2.05, 4.69) is 20.5 Å². The number of carbonyl (C=O) groups is 1. The highest BCUT2D eigenvalue weighted by atomic mass is 35.5. The maximum absolute atomic E-state index is 12.5. The summed E-state index contributed by atoms with van der Waals surface area (Å²) in [4.78, 5) is 17.0. The summed E-state index contributed by atoms with van der Waals surface area (Å²) >= 11 is 14.9. The molecule has 0 bridgehead atoms. The fraction of sp³-hybridized carbons (Fsp3) is 0.280. The van der Waals surface area contributed by atoms with Gasteiger partial charge in [-0.05, 0) is 68.1 Å². The monoisotopic (exact) mass is 559 g/mol. The number of benzene rings is 2. The summed E-state index contributed by atoms with van der Waals surface area (Å²) in [5.41, 5.74) is 2.38. The van der Waals surface area contributed by atoms with Gasteiger partial charge in [-0.15, -0.1) is 21.5 Å². The Bertz CT molecular complexity index is 1370. The lowest BCUT2D eigenvalue weighted by molar-refractivity contribution is -0.113. The maximum atomic E-state index is 12.5. The second-order valence-electron chi connectivity index (χ2n) is 8.41. The van der Waals surface area contributed by atoms with Gasteiger partial charge in [0.1, 0.15) is 5.75 Å². The number of hydrogen-bond donors (Lipinski definition) is 1. The van der Waals surface area contributed by atoms with Crippen molar-refractivity contribution >= 4 is 57.3 Å². The molecule has 0 radical (unpaired) electrons. The number of aromatic nitrogens is 4. The molecule has 1 aliphatic carbocycles. The fourth-order valence-electron chi connectivity index (χ4n) is 4.01. The van der Waals surface area contributed by atoms with E-state index in [0.29, 0.717) is 32.1 Å². The van der Waals surface area contributed by atoms with E-state index in [0.717, 1.165) is 35.5 Å². The summed E-state index contributed by atoms with van der Waals surface area (Å²) in [6.07, 6.45) is 5.05. The van der Waals surface area contributed by atoms with Crippen LogP contribution in [0.15, 0.2) is 53.0 Å². The molecular formula is C25H23Cl2N5O2S2. The average molecular weight is 561 g/mol. The van der Waals surface area contributed by atoms with E-state index in [4.69, 9.17) is 27.9 Å². The molecular weight excluding hydrogens is 537 g/mol. The number of thioether (sulfide) groups is 1. The minimum atomic E-state index is -0.180. The smallest absolute Gasteiger partial charge is 0.236 e. The van der Waals surface area contributed by atoms with E-state index in [-0.39, 0.29) is 11.7 Å². The zero-order chi connectivity index (χ0) is 25.1. The van der Waals surface area contributed by atoms with Crippen LogP contribution in [0.3, 0.4) is 0 Å². The van der Waals surface area contributed by atoms with Gasteiger partial charge in [-0.3, -0.25) is 4.79 Å². The Morgan fingerprint density at radius 1 is 1.17 bits per heavy atom. The van der Waals surface area contributed by atoms with Crippen LogP contribution in [0.1, 0.15) is 25.7 Å². The van der Waals surface area contributed by atoms with Gasteiger partial charge in [0.05, 0.1) is 22.6 Å². The lowest BCUT2D eigenvalue weighted by Gasteiger charge is -2.13. The molecule has 36 heavy (non-hydrogen) atoms. The molecule has 0 aliphatic heterocycles. The first-order valence-electron chi connectivity index (χ1n) is 11.5. The van der Waals surface area contributed by atoms with Crippen LogP contribution in [0.4, 0.5) is 5.13 Å². The number of nitrogens with one attached hydrogen (secondary N) is 1. The average Bonchev–Trinajstić information content (AvgIpc) is 3.61. The third-order valence-corrected chi connectivity index (χ3v) is 8.17. The number of thiazole rings is 1. The fourth-order valence-corrected chi connectivity index (χ4v) is 5.95. The Morgan fingerprint density at radius 3 is 2.69 bits per heavy atom. The van der Waals surface area contributed by atoms with E-state index >= 15 is 0 Å². The van der Waals surface area contributed by atoms with Gasteiger partial charge in [-0.2, -0.15) is 0 Å². The topological polar surface area (TPSA) is 81.9 Å². The normalized spacial score (nSPS) is 13.8. The van der Waals surface area contributed by atoms with Crippen molar-refractivity contribution in [2.45, 2.75) is 36.9 Å². The lowest BCUT2D eigenvalue weighted by Crippen LogP contribution is -2.14. The summed E-state index contributed by atoms with van der Waals surface area (Å²) in [7, 11) is 1.89. The number of rotatable bonds is 8. The van der Waals surface area contributed by atoms with Crippen LogP contribution in [-0.2, 0) is 11.8 Å². The number of halogens is 2. The molecule has 4 aromatic rings. The maximum Gasteiger partial charge on any atom is 0.236 e. The molecule has 1 aliphatic rings. The highest BCUT2D eigenvalue weighted by Gasteiger charge is 2.18. The Hall–Kier alpha value is -2.59. The lowest BCUT2D eigenvalue weighted by atomic mass is 10.2. The Kier molecular flexibility index (Phi) is 7.81. The zero-order valence-corrected chi connectivity index (χ0v) is 22.6. The van der Waals surface area contributed by atoms with Crippen molar-refractivity contribution in [1.29, 1.82) is 0 Å². The minimum Gasteiger partial charge on any atom is -0.490 e. The summed E-state index contributed by atoms with van der Waals surface area (Å²) in [5.74, 6) is 1.61. The van der Waals surface area contributed by atoms with Gasteiger partial charge >= 0.3 is 0 Å². The van der Waals surface area contributed by atoms with Crippen molar-refractivity contribution in [3.8, 4) is 28.4 Å². The molecule has 2 heterocycles. The molecule has 2 aromatic carbocycles. The van der Waals surface area contributed by atoms with E-state index in [9.17, 15) is 4.79 Å². The number of hydrogen-bond acceptors (Lipinski definition) is 7. The van der Waals surface area contributed by atoms with Crippen LogP contribution < -0.4 is 10.1 Å². The second kappa shape index (κ2) is 11.2. The second-order valence-corrected chi connectivity index (χ2v) is 11.1. The van der Waals surface area contributed by atoms with Crippen molar-refractivity contribution in [2.24, 2.45) is 7.05 Å². The molecule has 11 heteroatoms. The van der Waals surface area contributed by atoms with Crippen LogP contribution in [0, 0.1) is 0 Å². The van der Waals surface area contributed by atoms with Crippen LogP contribution in [0.5, 0.6) is 5.75 Å². The zero-order valence-electron chi connectivity index (χ0n) is 19.4. The quantitative estimate of drug-likeness (QED) is 0.235. The van der Waals surface area contributed by atoms with E-state index < -0.39 is 0 Å². The molecule has 0 saturated heterocycles. The molecule has 0 unspecified atom stereocenters. The summed E-state index contributed by atoms with van der Waals surface area (Å²) < 4.78 is 7.93. The first kappa shape index (κ1) is 25.1. The highest BCUT2D eigenvalue weighted by molar-refractivity contribution is 7.99. The van der Waals surface area contributed by atoms with Gasteiger partial charge in [0.15, 0.2) is 16.1 Å². The van der Waals surface area contributed by atoms with Crippen LogP contribution in [0.25, 0.3) is 22.6 Å². The standard InChI is InChI=1S/C25H23Cl2N5O2S2/c1-32-23(15-6-9-18(10-7-15)34-17-4-2-3-5-17)30-31-25(32)36-14-22(33)29-24-28-21(13-35-24)19-11-8-16(26)12-20(19)27/h6-13,17H,2-5,14H2,1H3,(H,28,29,33). The third-order valence-electron chi connectivity index (χ3n) is 5.84. The summed E-state index contributed by atoms with van der Waals surface area (Å²) in [6, 6.07) is 13.2. The predicted octanol–water partition coefficient (Wildman–Crippen LogP) is 6.96. The molecule has 2 aromatic heterocycles. The van der Waals surface area contributed by atoms with Gasteiger partial charge in [-0.1, -0.05) is 35.0 Å². The summed E-state index contributed by atoms with van der Waals surface area (Å²) in [5, 5.41) is 15.5. The molecule has 0 spiro atoms. The van der Waals surface area contributed by atoms with Gasteiger partial charge in [0.2, 0.25) is 5.91 Å². The van der Waals surface area contributed by atoms with Crippen molar-refractivity contribution in [2.75, 3.05) is 11.1 Å². The number of ether oxygens (including phenoxy) is 1. The van der Waals surface area contributed by atoms with Gasteiger partial charge in [0, 0.05) is 28.6 Å². The predicted molar refractivity (Wildman–Crippen MR) is 146 cm³/mol. The van der Waals surface area contributed by atoms with E-state index in [1.807, 2.05) is 47.3 Å². The van der Waals surface area contributed by atoms with Gasteiger partial charge in [-0.25, -0.2) is 4.98 Å². The molecule has 1 saturated carbocycles.